The number of pyridine rings is 1. The van der Waals surface area contributed by atoms with Crippen molar-refractivity contribution in [2.45, 2.75) is 57.3 Å². The molecule has 7 heteroatoms. The topological polar surface area (TPSA) is 94.9 Å². The molecule has 1 aliphatic heterocycles. The number of carbonyl (C=O) groups excluding carboxylic acids is 1. The second-order valence-corrected chi connectivity index (χ2v) is 8.25. The number of aromatic nitrogens is 1. The number of fused-ring (bicyclic) bond motifs is 1. The Balaban J connectivity index is 1.98. The summed E-state index contributed by atoms with van der Waals surface area (Å²) in [6, 6.07) is 1.36. The lowest BCUT2D eigenvalue weighted by Gasteiger charge is -2.36. The minimum absolute atomic E-state index is 0.0615. The van der Waals surface area contributed by atoms with E-state index in [1.807, 2.05) is 20.9 Å². The lowest BCUT2D eigenvalue weighted by molar-refractivity contribution is 0.0404. The molecular weight excluding hydrogens is 370 g/mol. The number of amides is 1. The first-order chi connectivity index (χ1) is 13.9. The van der Waals surface area contributed by atoms with Gasteiger partial charge in [-0.1, -0.05) is 18.8 Å². The van der Waals surface area contributed by atoms with Crippen molar-refractivity contribution in [3.63, 3.8) is 0 Å². The minimum Gasteiger partial charge on any atom is -0.472 e. The van der Waals surface area contributed by atoms with Gasteiger partial charge in [-0.2, -0.15) is 0 Å². The van der Waals surface area contributed by atoms with Crippen molar-refractivity contribution in [3.05, 3.63) is 23.4 Å². The zero-order chi connectivity index (χ0) is 21.0. The fourth-order valence-electron chi connectivity index (χ4n) is 3.89. The molecule has 1 aromatic heterocycles. The molecule has 7 nitrogen and oxygen atoms in total. The molecule has 3 N–H and O–H groups in total. The average Bonchev–Trinajstić information content (AvgIpc) is 3.15. The Morgan fingerprint density at radius 3 is 2.83 bits per heavy atom. The first kappa shape index (κ1) is 21.6. The molecule has 0 bridgehead atoms. The van der Waals surface area contributed by atoms with Crippen LogP contribution in [0.25, 0.3) is 0 Å². The maximum Gasteiger partial charge on any atom is 0.259 e. The quantitative estimate of drug-likeness (QED) is 0.656. The maximum absolute atomic E-state index is 13.3. The molecule has 1 aromatic rings. The first-order valence-electron chi connectivity index (χ1n) is 10.4. The molecule has 0 unspecified atom stereocenters. The third-order valence-electron chi connectivity index (χ3n) is 5.80. The predicted octanol–water partition coefficient (Wildman–Crippen LogP) is 1.18. The van der Waals surface area contributed by atoms with Crippen LogP contribution in [0.4, 0.5) is 0 Å². The lowest BCUT2D eigenvalue weighted by atomic mass is 10.00. The Labute approximate surface area is 172 Å². The van der Waals surface area contributed by atoms with E-state index in [1.165, 1.54) is 0 Å². The van der Waals surface area contributed by atoms with E-state index in [0.717, 1.165) is 12.8 Å². The molecule has 0 spiro atoms. The molecule has 0 saturated heterocycles. The summed E-state index contributed by atoms with van der Waals surface area (Å²) >= 11 is 0. The van der Waals surface area contributed by atoms with Crippen molar-refractivity contribution in [3.8, 4) is 17.7 Å². The predicted molar refractivity (Wildman–Crippen MR) is 110 cm³/mol. The summed E-state index contributed by atoms with van der Waals surface area (Å²) in [6.45, 7) is 4.83. The van der Waals surface area contributed by atoms with Crippen LogP contribution in [-0.4, -0.2) is 70.5 Å². The van der Waals surface area contributed by atoms with Crippen LogP contribution in [0, 0.1) is 17.8 Å². The van der Waals surface area contributed by atoms with Gasteiger partial charge in [0.25, 0.3) is 5.91 Å². The van der Waals surface area contributed by atoms with Gasteiger partial charge in [0.2, 0.25) is 5.88 Å². The zero-order valence-electron chi connectivity index (χ0n) is 17.4. The molecule has 1 aliphatic carbocycles. The largest absolute Gasteiger partial charge is 0.472 e. The summed E-state index contributed by atoms with van der Waals surface area (Å²) < 4.78 is 6.09. The highest BCUT2D eigenvalue weighted by Gasteiger charge is 2.33. The van der Waals surface area contributed by atoms with Crippen molar-refractivity contribution in [1.82, 2.24) is 15.2 Å². The number of hydrogen-bond acceptors (Lipinski definition) is 6. The van der Waals surface area contributed by atoms with Crippen molar-refractivity contribution in [2.24, 2.45) is 5.92 Å². The highest BCUT2D eigenvalue weighted by atomic mass is 16.5. The van der Waals surface area contributed by atoms with E-state index in [2.05, 4.69) is 22.1 Å². The summed E-state index contributed by atoms with van der Waals surface area (Å²) in [5, 5.41) is 23.2. The van der Waals surface area contributed by atoms with Gasteiger partial charge in [0.1, 0.15) is 17.3 Å². The molecule has 0 aromatic carbocycles. The molecule has 2 aliphatic rings. The van der Waals surface area contributed by atoms with Gasteiger partial charge in [0.15, 0.2) is 0 Å². The van der Waals surface area contributed by atoms with Gasteiger partial charge in [0.05, 0.1) is 12.6 Å². The van der Waals surface area contributed by atoms with Gasteiger partial charge in [-0.05, 0) is 45.7 Å². The molecule has 1 fully saturated rings. The number of nitrogens with zero attached hydrogens (tertiary/aromatic N) is 2. The number of aliphatic hydroxyl groups is 2. The van der Waals surface area contributed by atoms with Gasteiger partial charge < -0.3 is 25.2 Å². The van der Waals surface area contributed by atoms with Crippen molar-refractivity contribution in [1.29, 1.82) is 0 Å². The van der Waals surface area contributed by atoms with Crippen LogP contribution in [0.5, 0.6) is 5.88 Å². The minimum atomic E-state index is -0.949. The van der Waals surface area contributed by atoms with Crippen molar-refractivity contribution < 1.29 is 19.7 Å². The van der Waals surface area contributed by atoms with E-state index in [9.17, 15) is 15.0 Å². The number of rotatable bonds is 4. The van der Waals surface area contributed by atoms with Gasteiger partial charge in [-0.3, -0.25) is 4.79 Å². The number of likely N-dealkylation sites (N-methyl/N-ethyl adjacent to an activating group) is 1. The van der Waals surface area contributed by atoms with E-state index in [4.69, 9.17) is 4.74 Å². The molecule has 1 amide bonds. The summed E-state index contributed by atoms with van der Waals surface area (Å²) in [4.78, 5) is 19.3. The Morgan fingerprint density at radius 2 is 2.17 bits per heavy atom. The first-order valence-corrected chi connectivity index (χ1v) is 10.4. The van der Waals surface area contributed by atoms with Crippen LogP contribution in [0.15, 0.2) is 12.3 Å². The van der Waals surface area contributed by atoms with Crippen LogP contribution in [-0.2, 0) is 0 Å². The lowest BCUT2D eigenvalue weighted by Crippen LogP contribution is -2.49. The highest BCUT2D eigenvalue weighted by molar-refractivity contribution is 5.97. The number of hydrogen-bond donors (Lipinski definition) is 3. The van der Waals surface area contributed by atoms with Crippen LogP contribution >= 0.6 is 0 Å². The highest BCUT2D eigenvalue weighted by Crippen LogP contribution is 2.29. The van der Waals surface area contributed by atoms with E-state index in [-0.39, 0.29) is 36.5 Å². The van der Waals surface area contributed by atoms with Crippen LogP contribution < -0.4 is 10.1 Å². The molecule has 3 atom stereocenters. The average molecular weight is 402 g/mol. The number of carbonyl (C=O) groups is 1. The maximum atomic E-state index is 13.3. The summed E-state index contributed by atoms with van der Waals surface area (Å²) in [5.74, 6) is 6.05. The molecule has 0 radical (unpaired) electrons. The Morgan fingerprint density at radius 1 is 1.45 bits per heavy atom. The SMILES string of the molecule is CNC[C@H]1Oc2ncc(C#CC3(O)CCCC3)cc2C(=O)N([C@@H](C)CO)C[C@H]1C. The van der Waals surface area contributed by atoms with Crippen LogP contribution in [0.3, 0.4) is 0 Å². The summed E-state index contributed by atoms with van der Waals surface area (Å²) in [6.07, 6.45) is 4.71. The van der Waals surface area contributed by atoms with Gasteiger partial charge in [-0.15, -0.1) is 0 Å². The third-order valence-corrected chi connectivity index (χ3v) is 5.80. The standard InChI is InChI=1S/C22H31N3O4/c1-15-13-25(16(2)14-26)21(27)18-10-17(6-9-22(28)7-4-5-8-22)11-24-20(18)29-19(15)12-23-3/h10-11,15-16,19,23,26,28H,4-5,7-8,12-14H2,1-3H3/t15-,16+,19-/m1/s1. The molecule has 3 rings (SSSR count). The van der Waals surface area contributed by atoms with Crippen molar-refractivity contribution >= 4 is 5.91 Å². The van der Waals surface area contributed by atoms with Gasteiger partial charge in [0, 0.05) is 30.8 Å². The number of aliphatic hydroxyl groups excluding tert-OH is 1. The third kappa shape index (κ3) is 4.89. The number of ether oxygens (including phenoxy) is 1. The van der Waals surface area contributed by atoms with Gasteiger partial charge >= 0.3 is 0 Å². The van der Waals surface area contributed by atoms with Crippen LogP contribution in [0.2, 0.25) is 0 Å². The normalized spacial score (nSPS) is 24.6. The van der Waals surface area contributed by atoms with E-state index >= 15 is 0 Å². The molecule has 158 valence electrons. The Hall–Kier alpha value is -2.14. The summed E-state index contributed by atoms with van der Waals surface area (Å²) in [5.41, 5.74) is -0.0462. The van der Waals surface area contributed by atoms with Crippen LogP contribution in [0.1, 0.15) is 55.5 Å². The summed E-state index contributed by atoms with van der Waals surface area (Å²) in [7, 11) is 1.86. The Kier molecular flexibility index (Phi) is 6.78. The smallest absolute Gasteiger partial charge is 0.259 e. The molecule has 29 heavy (non-hydrogen) atoms. The second kappa shape index (κ2) is 9.12. The monoisotopic (exact) mass is 401 g/mol. The van der Waals surface area contributed by atoms with Crippen molar-refractivity contribution in [2.75, 3.05) is 26.7 Å². The number of nitrogens with one attached hydrogen (secondary N) is 1. The molecular formula is C22H31N3O4. The fourth-order valence-corrected chi connectivity index (χ4v) is 3.89. The second-order valence-electron chi connectivity index (χ2n) is 8.25. The van der Waals surface area contributed by atoms with E-state index in [1.54, 1.807) is 17.2 Å². The molecule has 2 heterocycles. The molecule has 1 saturated carbocycles. The zero-order valence-corrected chi connectivity index (χ0v) is 17.4. The fraction of sp³-hybridized carbons (Fsp3) is 0.636. The van der Waals surface area contributed by atoms with Gasteiger partial charge in [-0.25, -0.2) is 4.98 Å². The Bertz CT molecular complexity index is 795. The van der Waals surface area contributed by atoms with E-state index in [0.29, 0.717) is 37.1 Å². The van der Waals surface area contributed by atoms with E-state index < -0.39 is 5.60 Å².